The highest BCUT2D eigenvalue weighted by atomic mass is 31.2. The number of halogens is 1. The number of carbonyl (C=O) groups excluding carboxylic acids is 1. The zero-order chi connectivity index (χ0) is 42.1. The second kappa shape index (κ2) is 17.2. The Kier molecular flexibility index (Phi) is 11.6. The molecule has 1 saturated carbocycles. The summed E-state index contributed by atoms with van der Waals surface area (Å²) in [5.41, 5.74) is 1.88. The second-order valence-electron chi connectivity index (χ2n) is 15.7. The van der Waals surface area contributed by atoms with Crippen LogP contribution in [0.4, 0.5) is 10.2 Å². The highest BCUT2D eigenvalue weighted by molar-refractivity contribution is 7.45. The van der Waals surface area contributed by atoms with Gasteiger partial charge in [-0.05, 0) is 79.9 Å². The Labute approximate surface area is 355 Å². The van der Waals surface area contributed by atoms with Crippen LogP contribution in [0, 0.1) is 0 Å². The molecule has 4 heterocycles. The highest BCUT2D eigenvalue weighted by Crippen LogP contribution is 2.61. The number of alkyl halides is 1. The first-order chi connectivity index (χ1) is 29.7. The molecule has 1 amide bonds. The van der Waals surface area contributed by atoms with E-state index in [-0.39, 0.29) is 35.5 Å². The average Bonchev–Trinajstić information content (AvgIpc) is 3.95. The second-order valence-corrected chi connectivity index (χ2v) is 17.2. The molecule has 1 aliphatic carbocycles. The number of hydrogen-bond acceptors (Lipinski definition) is 11. The van der Waals surface area contributed by atoms with Crippen molar-refractivity contribution in [1.82, 2.24) is 24.2 Å². The minimum absolute atomic E-state index is 0.0951. The van der Waals surface area contributed by atoms with Gasteiger partial charge in [-0.25, -0.2) is 24.0 Å². The Morgan fingerprint density at radius 3 is 2.16 bits per heavy atom. The summed E-state index contributed by atoms with van der Waals surface area (Å²) < 4.78 is 59.8. The molecular weight excluding hydrogens is 799 g/mol. The van der Waals surface area contributed by atoms with Crippen LogP contribution in [0.25, 0.3) is 11.2 Å². The van der Waals surface area contributed by atoms with Crippen molar-refractivity contribution in [2.45, 2.75) is 74.5 Å². The number of likely N-dealkylation sites (N-methyl/N-ethyl adjacent to an activating group) is 1. The number of nitrogens with zero attached hydrogens (tertiary/aromatic N) is 5. The normalized spacial score (nSPS) is 25.3. The Morgan fingerprint density at radius 2 is 1.52 bits per heavy atom. The van der Waals surface area contributed by atoms with Crippen molar-refractivity contribution in [3.63, 3.8) is 0 Å². The maximum absolute atomic E-state index is 17.6. The first kappa shape index (κ1) is 41.0. The van der Waals surface area contributed by atoms with E-state index >= 15 is 4.39 Å². The third-order valence-corrected chi connectivity index (χ3v) is 13.9. The van der Waals surface area contributed by atoms with Crippen LogP contribution in [0.3, 0.4) is 0 Å². The molecule has 0 bridgehead atoms. The molecule has 1 N–H and O–H groups in total. The van der Waals surface area contributed by atoms with Gasteiger partial charge in [0.25, 0.3) is 14.4 Å². The number of rotatable bonds is 13. The largest absolute Gasteiger partial charge is 0.497 e. The molecule has 3 aliphatic rings. The van der Waals surface area contributed by atoms with Crippen molar-refractivity contribution in [3.05, 3.63) is 144 Å². The molecule has 61 heavy (non-hydrogen) atoms. The number of imidazole rings is 1. The molecular formula is C46H48FN6O7P. The molecule has 2 aliphatic heterocycles. The predicted octanol–water partition coefficient (Wildman–Crippen LogP) is 8.62. The molecule has 0 spiro atoms. The van der Waals surface area contributed by atoms with Gasteiger partial charge < -0.3 is 33.3 Å². The van der Waals surface area contributed by atoms with Crippen LogP contribution in [0.15, 0.2) is 122 Å². The summed E-state index contributed by atoms with van der Waals surface area (Å²) >= 11 is 0. The van der Waals surface area contributed by atoms with Gasteiger partial charge >= 0.3 is 0 Å². The maximum Gasteiger partial charge on any atom is 0.259 e. The van der Waals surface area contributed by atoms with Crippen LogP contribution < -0.4 is 14.8 Å². The lowest BCUT2D eigenvalue weighted by Gasteiger charge is -2.37. The van der Waals surface area contributed by atoms with Crippen molar-refractivity contribution in [1.29, 1.82) is 0 Å². The fourth-order valence-electron chi connectivity index (χ4n) is 8.89. The van der Waals surface area contributed by atoms with Crippen LogP contribution in [0.5, 0.6) is 11.5 Å². The highest BCUT2D eigenvalue weighted by Gasteiger charge is 2.56. The number of anilines is 1. The van der Waals surface area contributed by atoms with Gasteiger partial charge in [0.2, 0.25) is 0 Å². The number of amides is 1. The first-order valence-corrected chi connectivity index (χ1v) is 21.6. The summed E-state index contributed by atoms with van der Waals surface area (Å²) in [6, 6.07) is 34.3. The van der Waals surface area contributed by atoms with Gasteiger partial charge in [-0.3, -0.25) is 9.36 Å². The van der Waals surface area contributed by atoms with Gasteiger partial charge in [0.1, 0.15) is 35.6 Å². The van der Waals surface area contributed by atoms with E-state index < -0.39 is 44.3 Å². The number of benzene rings is 4. The van der Waals surface area contributed by atoms with E-state index in [4.69, 9.17) is 28.0 Å². The van der Waals surface area contributed by atoms with Crippen LogP contribution in [-0.2, 0) is 24.1 Å². The molecule has 13 nitrogen and oxygen atoms in total. The first-order valence-electron chi connectivity index (χ1n) is 20.4. The van der Waals surface area contributed by atoms with Gasteiger partial charge in [-0.15, -0.1) is 0 Å². The molecule has 0 unspecified atom stereocenters. The molecule has 3 fully saturated rings. The van der Waals surface area contributed by atoms with Crippen LogP contribution in [0.1, 0.15) is 65.9 Å². The van der Waals surface area contributed by atoms with Crippen molar-refractivity contribution < 1.29 is 37.2 Å². The average molecular weight is 847 g/mol. The summed E-state index contributed by atoms with van der Waals surface area (Å²) in [4.78, 5) is 26.5. The zero-order valence-corrected chi connectivity index (χ0v) is 35.3. The lowest BCUT2D eigenvalue weighted by atomic mass is 9.80. The Bertz CT molecular complexity index is 2400. The van der Waals surface area contributed by atoms with Crippen molar-refractivity contribution >= 4 is 31.4 Å². The quantitative estimate of drug-likeness (QED) is 0.0886. The van der Waals surface area contributed by atoms with Gasteiger partial charge in [0.05, 0.1) is 32.8 Å². The predicted molar refractivity (Wildman–Crippen MR) is 228 cm³/mol. The monoisotopic (exact) mass is 846 g/mol. The standard InChI is InChI=1S/C46H48FN6O7P/c1-45-26-12-11-17-37(45)52(2)61(60-45)59-40-36(58-44(38(40)47)53-29-50-39-41(48-28-49-42(39)53)51-43(54)30-13-7-5-8-14-30)27-57-46(31-15-9-6-10-16-31,32-18-22-34(55-3)23-19-32)33-20-24-35(56-4)25-21-33/h5-10,13-16,18-25,28-29,36-38,40,44H,11-12,17,26-27H2,1-4H3,(H,48,49,51,54)/t36-,37+,38-,40-,44-,45+,61-/m1/s1. The maximum atomic E-state index is 17.6. The number of aromatic nitrogens is 4. The van der Waals surface area contributed by atoms with E-state index in [9.17, 15) is 4.79 Å². The van der Waals surface area contributed by atoms with Crippen LogP contribution in [0.2, 0.25) is 0 Å². The van der Waals surface area contributed by atoms with Crippen LogP contribution in [-0.4, -0.2) is 88.0 Å². The molecule has 316 valence electrons. The van der Waals surface area contributed by atoms with E-state index in [1.807, 2.05) is 92.0 Å². The number of carbonyl (C=O) groups is 1. The minimum Gasteiger partial charge on any atom is -0.497 e. The van der Waals surface area contributed by atoms with Crippen LogP contribution >= 0.6 is 8.53 Å². The van der Waals surface area contributed by atoms with E-state index in [0.29, 0.717) is 17.1 Å². The molecule has 0 radical (unpaired) electrons. The third kappa shape index (κ3) is 7.66. The molecule has 2 saturated heterocycles. The lowest BCUT2D eigenvalue weighted by molar-refractivity contribution is -0.0916. The Morgan fingerprint density at radius 1 is 0.885 bits per heavy atom. The number of methoxy groups -OCH3 is 2. The van der Waals surface area contributed by atoms with Gasteiger partial charge in [0, 0.05) is 11.6 Å². The summed E-state index contributed by atoms with van der Waals surface area (Å²) in [6.07, 6.45) is 1.77. The summed E-state index contributed by atoms with van der Waals surface area (Å²) in [5, 5.41) is 2.83. The molecule has 7 atom stereocenters. The van der Waals surface area contributed by atoms with Crippen molar-refractivity contribution in [2.24, 2.45) is 0 Å². The zero-order valence-electron chi connectivity index (χ0n) is 34.4. The van der Waals surface area contributed by atoms with Gasteiger partial charge in [0.15, 0.2) is 29.4 Å². The van der Waals surface area contributed by atoms with Gasteiger partial charge in [-0.1, -0.05) is 85.6 Å². The fraction of sp³-hybridized carbons (Fsp3) is 0.348. The lowest BCUT2D eigenvalue weighted by Crippen LogP contribution is -2.43. The number of fused-ring (bicyclic) bond motifs is 2. The van der Waals surface area contributed by atoms with E-state index in [0.717, 1.165) is 42.4 Å². The van der Waals surface area contributed by atoms with Crippen molar-refractivity contribution in [3.8, 4) is 11.5 Å². The third-order valence-electron chi connectivity index (χ3n) is 12.1. The number of nitrogens with one attached hydrogen (secondary N) is 1. The fourth-order valence-corrected chi connectivity index (χ4v) is 10.8. The number of ether oxygens (including phenoxy) is 4. The summed E-state index contributed by atoms with van der Waals surface area (Å²) in [7, 11) is 3.58. The number of hydrogen-bond donors (Lipinski definition) is 1. The molecule has 2 aromatic heterocycles. The van der Waals surface area contributed by atoms with E-state index in [2.05, 4.69) is 31.9 Å². The smallest absolute Gasteiger partial charge is 0.259 e. The summed E-state index contributed by atoms with van der Waals surface area (Å²) in [6.45, 7) is 2.03. The molecule has 9 rings (SSSR count). The van der Waals surface area contributed by atoms with Crippen molar-refractivity contribution in [2.75, 3.05) is 33.2 Å². The summed E-state index contributed by atoms with van der Waals surface area (Å²) in [5.74, 6) is 1.19. The topological polar surface area (TPSA) is 131 Å². The molecule has 15 heteroatoms. The minimum atomic E-state index is -1.72. The van der Waals surface area contributed by atoms with E-state index in [1.54, 1.807) is 38.5 Å². The molecule has 4 aromatic carbocycles. The SMILES string of the molecule is COc1ccc(C(OC[C@H]2O[C@@H](n3cnc4c(NC(=O)c5ccccc5)ncnc43)[C@H](F)[C@@H]2O[P@]2O[C@@]3(C)CCCC[C@@H]3N2C)(c2ccccc2)c2ccc(OC)cc2)cc1. The Balaban J connectivity index is 1.09. The Hall–Kier alpha value is -5.34. The van der Waals surface area contributed by atoms with E-state index in [1.165, 1.54) is 17.2 Å². The van der Waals surface area contributed by atoms with Gasteiger partial charge in [-0.2, -0.15) is 0 Å². The molecule has 6 aromatic rings.